The van der Waals surface area contributed by atoms with Gasteiger partial charge in [0.1, 0.15) is 6.29 Å². The number of ketones is 1. The number of unbranched alkanes of at least 4 members (excludes halogenated alkanes) is 1. The summed E-state index contributed by atoms with van der Waals surface area (Å²) in [6.45, 7) is 0. The molecule has 1 aromatic rings. The molecule has 0 N–H and O–H groups in total. The average molecular weight is 176 g/mol. The molecule has 0 atom stereocenters. The third-order valence-corrected chi connectivity index (χ3v) is 1.82. The minimum absolute atomic E-state index is 0.113. The summed E-state index contributed by atoms with van der Waals surface area (Å²) in [4.78, 5) is 21.4. The first kappa shape index (κ1) is 9.65. The monoisotopic (exact) mass is 176 g/mol. The highest BCUT2D eigenvalue weighted by atomic mass is 16.1. The lowest BCUT2D eigenvalue weighted by molar-refractivity contribution is -0.107. The van der Waals surface area contributed by atoms with Gasteiger partial charge in [0, 0.05) is 18.4 Å². The Bertz CT molecular complexity index is 277. The quantitative estimate of drug-likeness (QED) is 0.391. The molecule has 2 nitrogen and oxygen atoms in total. The standard InChI is InChI=1S/C11H12O2/c12-9-5-4-8-11(13)10-6-2-1-3-7-10/h1-3,6-7,9H,4-5,8H2. The van der Waals surface area contributed by atoms with Gasteiger partial charge in [-0.2, -0.15) is 0 Å². The van der Waals surface area contributed by atoms with Crippen molar-refractivity contribution in [3.8, 4) is 0 Å². The van der Waals surface area contributed by atoms with Crippen molar-refractivity contribution in [3.63, 3.8) is 0 Å². The second-order valence-corrected chi connectivity index (χ2v) is 2.85. The maximum Gasteiger partial charge on any atom is 0.162 e. The van der Waals surface area contributed by atoms with Gasteiger partial charge in [-0.15, -0.1) is 0 Å². The highest BCUT2D eigenvalue weighted by Crippen LogP contribution is 2.05. The van der Waals surface area contributed by atoms with Gasteiger partial charge in [0.05, 0.1) is 0 Å². The van der Waals surface area contributed by atoms with E-state index in [1.165, 1.54) is 0 Å². The van der Waals surface area contributed by atoms with E-state index in [0.29, 0.717) is 19.3 Å². The number of Topliss-reactive ketones (excluding diaryl/α,β-unsaturated/α-hetero) is 1. The molecule has 0 aliphatic rings. The Morgan fingerprint density at radius 3 is 2.54 bits per heavy atom. The van der Waals surface area contributed by atoms with Crippen LogP contribution in [0.2, 0.25) is 0 Å². The molecule has 0 bridgehead atoms. The molecule has 0 heterocycles. The molecule has 13 heavy (non-hydrogen) atoms. The van der Waals surface area contributed by atoms with E-state index in [0.717, 1.165) is 11.8 Å². The lowest BCUT2D eigenvalue weighted by Crippen LogP contribution is -1.98. The predicted octanol–water partition coefficient (Wildman–Crippen LogP) is 2.24. The molecule has 2 heteroatoms. The SMILES string of the molecule is O=CCCCC(=O)c1ccccc1. The molecule has 0 aromatic heterocycles. The Morgan fingerprint density at radius 2 is 1.92 bits per heavy atom. The molecule has 0 fully saturated rings. The first-order valence-corrected chi connectivity index (χ1v) is 4.36. The van der Waals surface area contributed by atoms with Gasteiger partial charge in [0.15, 0.2) is 5.78 Å². The Kier molecular flexibility index (Phi) is 3.89. The number of hydrogen-bond acceptors (Lipinski definition) is 2. The van der Waals surface area contributed by atoms with Gasteiger partial charge in [0.2, 0.25) is 0 Å². The smallest absolute Gasteiger partial charge is 0.162 e. The summed E-state index contributed by atoms with van der Waals surface area (Å²) >= 11 is 0. The molecule has 0 unspecified atom stereocenters. The molecule has 1 aromatic carbocycles. The molecule has 68 valence electrons. The van der Waals surface area contributed by atoms with Crippen molar-refractivity contribution < 1.29 is 9.59 Å². The molecular formula is C11H12O2. The van der Waals surface area contributed by atoms with Gasteiger partial charge in [-0.05, 0) is 6.42 Å². The van der Waals surface area contributed by atoms with Crippen molar-refractivity contribution in [2.45, 2.75) is 19.3 Å². The molecule has 0 aliphatic heterocycles. The van der Waals surface area contributed by atoms with Crippen LogP contribution in [0.4, 0.5) is 0 Å². The van der Waals surface area contributed by atoms with Crippen LogP contribution in [0.25, 0.3) is 0 Å². The number of carbonyl (C=O) groups excluding carboxylic acids is 2. The summed E-state index contributed by atoms with van der Waals surface area (Å²) in [7, 11) is 0. The Hall–Kier alpha value is -1.44. The van der Waals surface area contributed by atoms with Gasteiger partial charge in [-0.1, -0.05) is 30.3 Å². The average Bonchev–Trinajstić information content (AvgIpc) is 2.19. The Balaban J connectivity index is 2.45. The Morgan fingerprint density at radius 1 is 1.23 bits per heavy atom. The van der Waals surface area contributed by atoms with Crippen LogP contribution in [-0.2, 0) is 4.79 Å². The maximum absolute atomic E-state index is 11.4. The summed E-state index contributed by atoms with van der Waals surface area (Å²) in [5, 5.41) is 0. The van der Waals surface area contributed by atoms with Crippen LogP contribution in [0, 0.1) is 0 Å². The van der Waals surface area contributed by atoms with Crippen LogP contribution in [-0.4, -0.2) is 12.1 Å². The fraction of sp³-hybridized carbons (Fsp3) is 0.273. The maximum atomic E-state index is 11.4. The molecule has 0 amide bonds. The van der Waals surface area contributed by atoms with Gasteiger partial charge in [0.25, 0.3) is 0 Å². The largest absolute Gasteiger partial charge is 0.303 e. The summed E-state index contributed by atoms with van der Waals surface area (Å²) < 4.78 is 0. The van der Waals surface area contributed by atoms with E-state index < -0.39 is 0 Å². The van der Waals surface area contributed by atoms with Crippen LogP contribution in [0.1, 0.15) is 29.6 Å². The van der Waals surface area contributed by atoms with Crippen molar-refractivity contribution in [1.82, 2.24) is 0 Å². The van der Waals surface area contributed by atoms with Crippen molar-refractivity contribution in [1.29, 1.82) is 0 Å². The van der Waals surface area contributed by atoms with Crippen LogP contribution in [0.3, 0.4) is 0 Å². The summed E-state index contributed by atoms with van der Waals surface area (Å²) in [6, 6.07) is 9.15. The van der Waals surface area contributed by atoms with E-state index in [1.807, 2.05) is 18.2 Å². The van der Waals surface area contributed by atoms with Crippen molar-refractivity contribution >= 4 is 12.1 Å². The highest BCUT2D eigenvalue weighted by molar-refractivity contribution is 5.96. The van der Waals surface area contributed by atoms with Crippen molar-refractivity contribution in [2.24, 2.45) is 0 Å². The van der Waals surface area contributed by atoms with Crippen molar-refractivity contribution in [3.05, 3.63) is 35.9 Å². The zero-order valence-corrected chi connectivity index (χ0v) is 7.40. The predicted molar refractivity (Wildman–Crippen MR) is 50.7 cm³/mol. The molecular weight excluding hydrogens is 164 g/mol. The van der Waals surface area contributed by atoms with Crippen LogP contribution >= 0.6 is 0 Å². The minimum Gasteiger partial charge on any atom is -0.303 e. The summed E-state index contributed by atoms with van der Waals surface area (Å²) in [5.41, 5.74) is 0.730. The van der Waals surface area contributed by atoms with E-state index in [2.05, 4.69) is 0 Å². The van der Waals surface area contributed by atoms with Crippen molar-refractivity contribution in [2.75, 3.05) is 0 Å². The molecule has 0 saturated heterocycles. The number of aldehydes is 1. The second-order valence-electron chi connectivity index (χ2n) is 2.85. The third kappa shape index (κ3) is 3.20. The van der Waals surface area contributed by atoms with Crippen LogP contribution in [0.5, 0.6) is 0 Å². The van der Waals surface area contributed by atoms with E-state index in [4.69, 9.17) is 0 Å². The van der Waals surface area contributed by atoms with E-state index in [9.17, 15) is 9.59 Å². The van der Waals surface area contributed by atoms with Crippen LogP contribution in [0.15, 0.2) is 30.3 Å². The van der Waals surface area contributed by atoms with E-state index in [1.54, 1.807) is 12.1 Å². The topological polar surface area (TPSA) is 34.1 Å². The normalized spacial score (nSPS) is 9.54. The molecule has 0 saturated carbocycles. The van der Waals surface area contributed by atoms with Gasteiger partial charge in [-0.3, -0.25) is 4.79 Å². The molecule has 0 spiro atoms. The second kappa shape index (κ2) is 5.25. The van der Waals surface area contributed by atoms with Crippen LogP contribution < -0.4 is 0 Å². The summed E-state index contributed by atoms with van der Waals surface area (Å²) in [6.07, 6.45) is 2.43. The minimum atomic E-state index is 0.113. The summed E-state index contributed by atoms with van der Waals surface area (Å²) in [5.74, 6) is 0.113. The first-order chi connectivity index (χ1) is 6.34. The fourth-order valence-corrected chi connectivity index (χ4v) is 1.11. The lowest BCUT2D eigenvalue weighted by atomic mass is 10.1. The van der Waals surface area contributed by atoms with Gasteiger partial charge in [-0.25, -0.2) is 0 Å². The number of benzene rings is 1. The van der Waals surface area contributed by atoms with E-state index in [-0.39, 0.29) is 5.78 Å². The van der Waals surface area contributed by atoms with E-state index >= 15 is 0 Å². The number of carbonyl (C=O) groups is 2. The third-order valence-electron chi connectivity index (χ3n) is 1.82. The zero-order chi connectivity index (χ0) is 9.52. The van der Waals surface area contributed by atoms with Gasteiger partial charge < -0.3 is 4.79 Å². The molecule has 0 radical (unpaired) electrons. The lowest BCUT2D eigenvalue weighted by Gasteiger charge is -1.97. The number of rotatable bonds is 5. The Labute approximate surface area is 77.6 Å². The fourth-order valence-electron chi connectivity index (χ4n) is 1.11. The first-order valence-electron chi connectivity index (χ1n) is 4.36. The zero-order valence-electron chi connectivity index (χ0n) is 7.40. The molecule has 0 aliphatic carbocycles. The highest BCUT2D eigenvalue weighted by Gasteiger charge is 2.03. The molecule has 1 rings (SSSR count). The number of hydrogen-bond donors (Lipinski definition) is 0. The van der Waals surface area contributed by atoms with Gasteiger partial charge >= 0.3 is 0 Å².